The molecule has 0 saturated carbocycles. The van der Waals surface area contributed by atoms with Crippen LogP contribution in [0.2, 0.25) is 0 Å². The molecule has 2 fully saturated rings. The second kappa shape index (κ2) is 14.1. The van der Waals surface area contributed by atoms with Gasteiger partial charge in [0, 0.05) is 36.5 Å². The Morgan fingerprint density at radius 2 is 1.53 bits per heavy atom. The molecule has 6 atom stereocenters. The summed E-state index contributed by atoms with van der Waals surface area (Å²) in [5, 5.41) is 31.5. The summed E-state index contributed by atoms with van der Waals surface area (Å²) in [6.45, 7) is 6.90. The zero-order chi connectivity index (χ0) is 33.0. The van der Waals surface area contributed by atoms with Gasteiger partial charge in [-0.1, -0.05) is 45.9 Å². The van der Waals surface area contributed by atoms with E-state index >= 15 is 0 Å². The maximum Gasteiger partial charge on any atom is 0.305 e. The SMILES string of the molecule is CC(C)C[C@H]1NC(=O)[C@H](C(C)C)NC(=O)[C@H]2C[C@@H](O)CN2C(=O)[C@H](CC(=O)O)NC(=O)[C@H](Cc2c[nH]c3ccccc23)NC1=O. The number of amides is 5. The molecule has 45 heavy (non-hydrogen) atoms. The number of carbonyl (C=O) groups is 6. The average Bonchev–Trinajstić information content (AvgIpc) is 3.56. The summed E-state index contributed by atoms with van der Waals surface area (Å²) in [5.74, 6) is -5.52. The van der Waals surface area contributed by atoms with Crippen molar-refractivity contribution < 1.29 is 39.0 Å². The number of benzene rings is 1. The van der Waals surface area contributed by atoms with Crippen molar-refractivity contribution in [2.24, 2.45) is 11.8 Å². The van der Waals surface area contributed by atoms with Crippen LogP contribution in [0.15, 0.2) is 30.5 Å². The quantitative estimate of drug-likeness (QED) is 0.218. The van der Waals surface area contributed by atoms with Crippen LogP contribution in [0.5, 0.6) is 0 Å². The monoisotopic (exact) mass is 626 g/mol. The van der Waals surface area contributed by atoms with Crippen molar-refractivity contribution in [2.75, 3.05) is 6.54 Å². The van der Waals surface area contributed by atoms with E-state index in [2.05, 4.69) is 26.3 Å². The van der Waals surface area contributed by atoms with Crippen molar-refractivity contribution in [2.45, 2.75) is 89.7 Å². The first-order chi connectivity index (χ1) is 21.2. The van der Waals surface area contributed by atoms with Gasteiger partial charge < -0.3 is 41.4 Å². The lowest BCUT2D eigenvalue weighted by molar-refractivity contribution is -0.146. The molecule has 7 N–H and O–H groups in total. The molecule has 2 saturated heterocycles. The standard InChI is InChI=1S/C31H42N6O8/c1-15(2)9-21-27(41)33-22(10-17-13-32-20-8-6-5-7-19(17)20)28(42)35-23(12-25(39)40)31(45)37-14-18(38)11-24(37)29(43)36-26(16(3)4)30(44)34-21/h5-8,13,15-16,18,21-24,26,32,38H,9-12,14H2,1-4H3,(H,33,41)(H,34,44)(H,35,42)(H,36,43)(H,39,40)/t18-,21-,22+,23+,24-,26+/m1/s1. The van der Waals surface area contributed by atoms with Crippen LogP contribution >= 0.6 is 0 Å². The van der Waals surface area contributed by atoms with Gasteiger partial charge in [0.1, 0.15) is 30.2 Å². The maximum absolute atomic E-state index is 13.8. The highest BCUT2D eigenvalue weighted by atomic mass is 16.4. The number of carboxylic acid groups (broad SMARTS) is 1. The molecule has 0 bridgehead atoms. The number of H-pyrrole nitrogens is 1. The predicted molar refractivity (Wildman–Crippen MR) is 162 cm³/mol. The third kappa shape index (κ3) is 7.98. The number of aromatic amines is 1. The van der Waals surface area contributed by atoms with E-state index < -0.39 is 84.2 Å². The van der Waals surface area contributed by atoms with Crippen molar-refractivity contribution in [3.8, 4) is 0 Å². The molecule has 2 aromatic rings. The van der Waals surface area contributed by atoms with Gasteiger partial charge in [-0.2, -0.15) is 0 Å². The summed E-state index contributed by atoms with van der Waals surface area (Å²) >= 11 is 0. The number of aliphatic hydroxyl groups is 1. The molecule has 0 unspecified atom stereocenters. The summed E-state index contributed by atoms with van der Waals surface area (Å²) in [6, 6.07) is 1.13. The first-order valence-electron chi connectivity index (χ1n) is 15.2. The number of aliphatic hydroxyl groups excluding tert-OH is 1. The number of nitrogens with zero attached hydrogens (tertiary/aromatic N) is 1. The van der Waals surface area contributed by atoms with Gasteiger partial charge >= 0.3 is 5.97 Å². The van der Waals surface area contributed by atoms with E-state index in [9.17, 15) is 39.0 Å². The Labute approximate surface area is 260 Å². The van der Waals surface area contributed by atoms with Gasteiger partial charge in [0.2, 0.25) is 29.5 Å². The predicted octanol–water partition coefficient (Wildman–Crippen LogP) is -0.198. The van der Waals surface area contributed by atoms with E-state index in [1.165, 1.54) is 0 Å². The summed E-state index contributed by atoms with van der Waals surface area (Å²) in [6.07, 6.45) is -0.118. The van der Waals surface area contributed by atoms with Gasteiger partial charge in [0.25, 0.3) is 0 Å². The molecule has 1 aromatic carbocycles. The Bertz CT molecular complexity index is 1450. The highest BCUT2D eigenvalue weighted by molar-refractivity contribution is 5.99. The van der Waals surface area contributed by atoms with Crippen LogP contribution < -0.4 is 21.3 Å². The van der Waals surface area contributed by atoms with Gasteiger partial charge in [-0.15, -0.1) is 0 Å². The van der Waals surface area contributed by atoms with E-state index in [1.807, 2.05) is 38.1 Å². The molecule has 14 nitrogen and oxygen atoms in total. The lowest BCUT2D eigenvalue weighted by Gasteiger charge is -2.30. The largest absolute Gasteiger partial charge is 0.481 e. The summed E-state index contributed by atoms with van der Waals surface area (Å²) in [4.78, 5) is 84.3. The third-order valence-corrected chi connectivity index (χ3v) is 8.18. The molecule has 2 aliphatic rings. The van der Waals surface area contributed by atoms with E-state index in [-0.39, 0.29) is 31.7 Å². The lowest BCUT2D eigenvalue weighted by atomic mass is 9.98. The van der Waals surface area contributed by atoms with Gasteiger partial charge in [-0.25, -0.2) is 0 Å². The van der Waals surface area contributed by atoms with Crippen molar-refractivity contribution in [3.05, 3.63) is 36.0 Å². The summed E-state index contributed by atoms with van der Waals surface area (Å²) in [5.41, 5.74) is 1.49. The van der Waals surface area contributed by atoms with Crippen molar-refractivity contribution in [1.82, 2.24) is 31.2 Å². The minimum atomic E-state index is -1.60. The zero-order valence-corrected chi connectivity index (χ0v) is 25.8. The molecule has 3 heterocycles. The van der Waals surface area contributed by atoms with Gasteiger partial charge in [0.05, 0.1) is 12.5 Å². The number of carboxylic acids is 1. The highest BCUT2D eigenvalue weighted by Crippen LogP contribution is 2.22. The molecule has 0 radical (unpaired) electrons. The average molecular weight is 627 g/mol. The smallest absolute Gasteiger partial charge is 0.305 e. The number of rotatable bonds is 7. The summed E-state index contributed by atoms with van der Waals surface area (Å²) < 4.78 is 0. The number of hydrogen-bond donors (Lipinski definition) is 7. The van der Waals surface area contributed by atoms with E-state index in [0.29, 0.717) is 5.56 Å². The van der Waals surface area contributed by atoms with E-state index in [4.69, 9.17) is 0 Å². The Hall–Kier alpha value is -4.46. The number of fused-ring (bicyclic) bond motifs is 2. The fraction of sp³-hybridized carbons (Fsp3) is 0.548. The number of nitrogens with one attached hydrogen (secondary N) is 5. The molecule has 2 aliphatic heterocycles. The van der Waals surface area contributed by atoms with Gasteiger partial charge in [-0.05, 0) is 29.9 Å². The molecule has 5 amide bonds. The van der Waals surface area contributed by atoms with E-state index in [1.54, 1.807) is 20.0 Å². The molecular formula is C31H42N6O8. The molecule has 1 aromatic heterocycles. The van der Waals surface area contributed by atoms with E-state index in [0.717, 1.165) is 15.8 Å². The van der Waals surface area contributed by atoms with Crippen LogP contribution in [-0.4, -0.2) is 98.5 Å². The second-order valence-corrected chi connectivity index (χ2v) is 12.6. The van der Waals surface area contributed by atoms with Crippen LogP contribution in [0.1, 0.15) is 52.5 Å². The highest BCUT2D eigenvalue weighted by Gasteiger charge is 2.44. The minimum Gasteiger partial charge on any atom is -0.481 e. The van der Waals surface area contributed by atoms with Crippen molar-refractivity contribution >= 4 is 46.4 Å². The first-order valence-corrected chi connectivity index (χ1v) is 15.2. The van der Waals surface area contributed by atoms with Crippen LogP contribution in [0.3, 0.4) is 0 Å². The molecule has 4 rings (SSSR count). The van der Waals surface area contributed by atoms with Crippen LogP contribution in [-0.2, 0) is 35.2 Å². The molecule has 0 aliphatic carbocycles. The van der Waals surface area contributed by atoms with Crippen molar-refractivity contribution in [1.29, 1.82) is 0 Å². The van der Waals surface area contributed by atoms with Crippen LogP contribution in [0.25, 0.3) is 10.9 Å². The normalized spacial score (nSPS) is 27.0. The number of aromatic nitrogens is 1. The van der Waals surface area contributed by atoms with Crippen LogP contribution in [0, 0.1) is 11.8 Å². The fourth-order valence-electron chi connectivity index (χ4n) is 5.90. The fourth-order valence-corrected chi connectivity index (χ4v) is 5.90. The Kier molecular flexibility index (Phi) is 10.5. The zero-order valence-electron chi connectivity index (χ0n) is 25.8. The number of para-hydroxylation sites is 1. The lowest BCUT2D eigenvalue weighted by Crippen LogP contribution is -2.59. The molecular weight excluding hydrogens is 584 g/mol. The van der Waals surface area contributed by atoms with Gasteiger partial charge in [-0.3, -0.25) is 28.8 Å². The Morgan fingerprint density at radius 1 is 0.889 bits per heavy atom. The Balaban J connectivity index is 1.78. The molecule has 0 spiro atoms. The third-order valence-electron chi connectivity index (χ3n) is 8.18. The minimum absolute atomic E-state index is 0.0162. The molecule has 14 heteroatoms. The summed E-state index contributed by atoms with van der Waals surface area (Å²) in [7, 11) is 0. The first kappa shape index (κ1) is 33.4. The Morgan fingerprint density at radius 3 is 2.20 bits per heavy atom. The van der Waals surface area contributed by atoms with Crippen molar-refractivity contribution in [3.63, 3.8) is 0 Å². The molecule has 244 valence electrons. The second-order valence-electron chi connectivity index (χ2n) is 12.6. The topological polar surface area (TPSA) is 210 Å². The van der Waals surface area contributed by atoms with Crippen LogP contribution in [0.4, 0.5) is 0 Å². The number of aliphatic carboxylic acids is 1. The maximum atomic E-state index is 13.8. The number of carbonyl (C=O) groups excluding carboxylic acids is 5. The number of hydrogen-bond acceptors (Lipinski definition) is 7. The van der Waals surface area contributed by atoms with Gasteiger partial charge in [0.15, 0.2) is 0 Å².